The lowest BCUT2D eigenvalue weighted by molar-refractivity contribution is -0.133. The second-order valence-corrected chi connectivity index (χ2v) is 3.26. The third kappa shape index (κ3) is 3.35. The number of hydrogen-bond donors (Lipinski definition) is 0. The van der Waals surface area contributed by atoms with Crippen molar-refractivity contribution >= 4 is 11.9 Å². The zero-order valence-electron chi connectivity index (χ0n) is 9.87. The Labute approximate surface area is 99.5 Å². The van der Waals surface area contributed by atoms with Crippen LogP contribution in [-0.2, 0) is 14.3 Å². The molecule has 1 aromatic carbocycles. The molecule has 88 valence electrons. The molecule has 4 nitrogen and oxygen atoms in total. The third-order valence-corrected chi connectivity index (χ3v) is 2.13. The van der Waals surface area contributed by atoms with Gasteiger partial charge < -0.3 is 9.47 Å². The van der Waals surface area contributed by atoms with Crippen molar-refractivity contribution in [3.63, 3.8) is 0 Å². The molecular weight excluding hydrogens is 220 g/mol. The summed E-state index contributed by atoms with van der Waals surface area (Å²) in [5.74, 6) is 4.00. The molecule has 0 saturated heterocycles. The van der Waals surface area contributed by atoms with Gasteiger partial charge in [-0.3, -0.25) is 0 Å². The zero-order chi connectivity index (χ0) is 12.8. The number of hydrogen-bond acceptors (Lipinski definition) is 4. The molecule has 0 bridgehead atoms. The number of carbonyl (C=O) groups is 2. The maximum atomic E-state index is 11.3. The lowest BCUT2D eigenvalue weighted by atomic mass is 10.1. The molecule has 0 radical (unpaired) electrons. The van der Waals surface area contributed by atoms with E-state index in [0.29, 0.717) is 11.1 Å². The van der Waals surface area contributed by atoms with Crippen LogP contribution in [0.5, 0.6) is 0 Å². The van der Waals surface area contributed by atoms with E-state index in [1.807, 2.05) is 0 Å². The van der Waals surface area contributed by atoms with Gasteiger partial charge in [-0.25, -0.2) is 9.59 Å². The first-order valence-corrected chi connectivity index (χ1v) is 4.87. The van der Waals surface area contributed by atoms with E-state index in [1.165, 1.54) is 14.2 Å². The van der Waals surface area contributed by atoms with Crippen LogP contribution < -0.4 is 0 Å². The van der Waals surface area contributed by atoms with Gasteiger partial charge in [-0.05, 0) is 30.7 Å². The van der Waals surface area contributed by atoms with Crippen molar-refractivity contribution < 1.29 is 19.1 Å². The summed E-state index contributed by atoms with van der Waals surface area (Å²) in [6, 6.07) is 4.92. The highest BCUT2D eigenvalue weighted by Crippen LogP contribution is 2.10. The van der Waals surface area contributed by atoms with Gasteiger partial charge in [0, 0.05) is 11.5 Å². The van der Waals surface area contributed by atoms with Crippen molar-refractivity contribution in [2.24, 2.45) is 0 Å². The topological polar surface area (TPSA) is 52.6 Å². The van der Waals surface area contributed by atoms with Crippen molar-refractivity contribution in [2.45, 2.75) is 6.92 Å². The van der Waals surface area contributed by atoms with Crippen LogP contribution >= 0.6 is 0 Å². The van der Waals surface area contributed by atoms with Crippen LogP contribution in [-0.4, -0.2) is 26.2 Å². The molecule has 0 aliphatic heterocycles. The monoisotopic (exact) mass is 232 g/mol. The van der Waals surface area contributed by atoms with Gasteiger partial charge in [-0.1, -0.05) is 5.92 Å². The number of carbonyl (C=O) groups excluding carboxylic acids is 2. The normalized spacial score (nSPS) is 8.88. The molecule has 0 aromatic heterocycles. The Morgan fingerprint density at radius 3 is 2.41 bits per heavy atom. The summed E-state index contributed by atoms with van der Waals surface area (Å²) >= 11 is 0. The molecule has 0 aliphatic carbocycles. The number of rotatable bonds is 1. The van der Waals surface area contributed by atoms with Crippen LogP contribution in [0.1, 0.15) is 21.5 Å². The van der Waals surface area contributed by atoms with Crippen molar-refractivity contribution in [1.29, 1.82) is 0 Å². The number of ether oxygens (including phenoxy) is 2. The SMILES string of the molecule is COC(=O)C#Cc1ccc(C(=O)OC)cc1C. The van der Waals surface area contributed by atoms with Crippen LogP contribution in [0.2, 0.25) is 0 Å². The Bertz CT molecular complexity index is 506. The third-order valence-electron chi connectivity index (χ3n) is 2.13. The summed E-state index contributed by atoms with van der Waals surface area (Å²) in [6.45, 7) is 1.80. The van der Waals surface area contributed by atoms with Gasteiger partial charge in [0.05, 0.1) is 19.8 Å². The first-order chi connectivity index (χ1) is 8.08. The predicted molar refractivity (Wildman–Crippen MR) is 61.4 cm³/mol. The Kier molecular flexibility index (Phi) is 4.29. The highest BCUT2D eigenvalue weighted by molar-refractivity contribution is 5.90. The molecule has 0 amide bonds. The maximum absolute atomic E-state index is 11.3. The highest BCUT2D eigenvalue weighted by atomic mass is 16.5. The summed E-state index contributed by atoms with van der Waals surface area (Å²) in [6.07, 6.45) is 0. The molecule has 0 unspecified atom stereocenters. The summed E-state index contributed by atoms with van der Waals surface area (Å²) in [5, 5.41) is 0. The first kappa shape index (κ1) is 12.8. The Balaban J connectivity index is 3.01. The molecular formula is C13H12O4. The zero-order valence-corrected chi connectivity index (χ0v) is 9.87. The van der Waals surface area contributed by atoms with E-state index in [-0.39, 0.29) is 0 Å². The lowest BCUT2D eigenvalue weighted by Gasteiger charge is -2.02. The number of aryl methyl sites for hydroxylation is 1. The molecule has 0 heterocycles. The standard InChI is InChI=1S/C13H12O4/c1-9-8-11(13(15)17-3)5-4-10(9)6-7-12(14)16-2/h4-5,8H,1-3H3. The summed E-state index contributed by atoms with van der Waals surface area (Å²) in [5.41, 5.74) is 1.92. The predicted octanol–water partition coefficient (Wildman–Crippen LogP) is 1.31. The number of benzene rings is 1. The molecule has 0 atom stereocenters. The fourth-order valence-electron chi connectivity index (χ4n) is 1.22. The fourth-order valence-corrected chi connectivity index (χ4v) is 1.22. The van der Waals surface area contributed by atoms with Crippen molar-refractivity contribution in [3.05, 3.63) is 34.9 Å². The lowest BCUT2D eigenvalue weighted by Crippen LogP contribution is -2.02. The van der Waals surface area contributed by atoms with E-state index >= 15 is 0 Å². The van der Waals surface area contributed by atoms with Crippen LogP contribution in [0.4, 0.5) is 0 Å². The van der Waals surface area contributed by atoms with Crippen LogP contribution in [0, 0.1) is 18.8 Å². The van der Waals surface area contributed by atoms with Gasteiger partial charge in [0.2, 0.25) is 0 Å². The smallest absolute Gasteiger partial charge is 0.384 e. The molecule has 17 heavy (non-hydrogen) atoms. The van der Waals surface area contributed by atoms with Crippen molar-refractivity contribution in [1.82, 2.24) is 0 Å². The summed E-state index contributed by atoms with van der Waals surface area (Å²) < 4.78 is 9.00. The quantitative estimate of drug-likeness (QED) is 0.541. The molecule has 4 heteroatoms. The van der Waals surface area contributed by atoms with Gasteiger partial charge in [0.25, 0.3) is 0 Å². The average Bonchev–Trinajstić information content (AvgIpc) is 2.35. The van der Waals surface area contributed by atoms with E-state index in [0.717, 1.165) is 5.56 Å². The van der Waals surface area contributed by atoms with E-state index in [1.54, 1.807) is 25.1 Å². The molecule has 1 aromatic rings. The van der Waals surface area contributed by atoms with E-state index in [2.05, 4.69) is 21.3 Å². The van der Waals surface area contributed by atoms with Gasteiger partial charge in [0.1, 0.15) is 0 Å². The minimum Gasteiger partial charge on any atom is -0.465 e. The van der Waals surface area contributed by atoms with Gasteiger partial charge in [0.15, 0.2) is 0 Å². The molecule has 0 aliphatic rings. The molecule has 0 fully saturated rings. The molecule has 0 N–H and O–H groups in total. The van der Waals surface area contributed by atoms with Crippen LogP contribution in [0.3, 0.4) is 0 Å². The minimum atomic E-state index is -0.596. The van der Waals surface area contributed by atoms with E-state index in [9.17, 15) is 9.59 Å². The van der Waals surface area contributed by atoms with Crippen LogP contribution in [0.15, 0.2) is 18.2 Å². The Morgan fingerprint density at radius 1 is 1.18 bits per heavy atom. The van der Waals surface area contributed by atoms with Crippen molar-refractivity contribution in [2.75, 3.05) is 14.2 Å². The van der Waals surface area contributed by atoms with Gasteiger partial charge in [-0.2, -0.15) is 0 Å². The van der Waals surface area contributed by atoms with Gasteiger partial charge in [-0.15, -0.1) is 0 Å². The second-order valence-electron chi connectivity index (χ2n) is 3.26. The maximum Gasteiger partial charge on any atom is 0.384 e. The second kappa shape index (κ2) is 5.71. The Morgan fingerprint density at radius 2 is 1.88 bits per heavy atom. The summed E-state index contributed by atoms with van der Waals surface area (Å²) in [7, 11) is 2.59. The number of methoxy groups -OCH3 is 2. The average molecular weight is 232 g/mol. The highest BCUT2D eigenvalue weighted by Gasteiger charge is 2.06. The van der Waals surface area contributed by atoms with E-state index < -0.39 is 11.9 Å². The molecule has 1 rings (SSSR count). The largest absolute Gasteiger partial charge is 0.465 e. The molecule has 0 saturated carbocycles. The van der Waals surface area contributed by atoms with Crippen LogP contribution in [0.25, 0.3) is 0 Å². The minimum absolute atomic E-state index is 0.402. The molecule has 0 spiro atoms. The van der Waals surface area contributed by atoms with E-state index in [4.69, 9.17) is 0 Å². The first-order valence-electron chi connectivity index (χ1n) is 4.87. The number of esters is 2. The van der Waals surface area contributed by atoms with Crippen molar-refractivity contribution in [3.8, 4) is 11.8 Å². The fraction of sp³-hybridized carbons (Fsp3) is 0.231. The Hall–Kier alpha value is -2.28. The summed E-state index contributed by atoms with van der Waals surface area (Å²) in [4.78, 5) is 22.1. The van der Waals surface area contributed by atoms with Gasteiger partial charge >= 0.3 is 11.9 Å².